The molecule has 1 atom stereocenters. The predicted octanol–water partition coefficient (Wildman–Crippen LogP) is 4.50. The van der Waals surface area contributed by atoms with E-state index in [9.17, 15) is 5.11 Å². The van der Waals surface area contributed by atoms with E-state index >= 15 is 0 Å². The minimum absolute atomic E-state index is 0.208. The Hall–Kier alpha value is -1.53. The Morgan fingerprint density at radius 1 is 1.00 bits per heavy atom. The van der Waals surface area contributed by atoms with Gasteiger partial charge in [0.2, 0.25) is 0 Å². The molecule has 1 N–H and O–H groups in total. The summed E-state index contributed by atoms with van der Waals surface area (Å²) in [5.74, 6) is 0. The molecule has 5 heteroatoms. The van der Waals surface area contributed by atoms with Crippen LogP contribution in [0.2, 0.25) is 0 Å². The van der Waals surface area contributed by atoms with Crippen molar-refractivity contribution in [2.45, 2.75) is 48.4 Å². The molecule has 4 rings (SSSR count). The molecule has 1 saturated heterocycles. The van der Waals surface area contributed by atoms with Gasteiger partial charge in [0.25, 0.3) is 0 Å². The van der Waals surface area contributed by atoms with Crippen LogP contribution in [-0.2, 0) is 4.74 Å². The van der Waals surface area contributed by atoms with Crippen LogP contribution in [0.3, 0.4) is 0 Å². The number of nitrogens with zero attached hydrogens (tertiary/aromatic N) is 2. The minimum Gasteiger partial charge on any atom is -0.368 e. The molecule has 2 aromatic rings. The maximum atomic E-state index is 9.37. The van der Waals surface area contributed by atoms with Gasteiger partial charge in [0.1, 0.15) is 0 Å². The number of para-hydroxylation sites is 2. The third kappa shape index (κ3) is 4.49. The number of hydrogen-bond acceptors (Lipinski definition) is 5. The van der Waals surface area contributed by atoms with Crippen LogP contribution < -0.4 is 4.90 Å². The van der Waals surface area contributed by atoms with Gasteiger partial charge >= 0.3 is 0 Å². The van der Waals surface area contributed by atoms with Gasteiger partial charge in [-0.25, -0.2) is 0 Å². The summed E-state index contributed by atoms with van der Waals surface area (Å²) in [6, 6.07) is 17.4. The Morgan fingerprint density at radius 2 is 1.59 bits per heavy atom. The third-order valence-electron chi connectivity index (χ3n) is 5.31. The highest BCUT2D eigenvalue weighted by Gasteiger charge is 2.24. The molecule has 27 heavy (non-hydrogen) atoms. The van der Waals surface area contributed by atoms with Gasteiger partial charge in [0.15, 0.2) is 6.29 Å². The molecule has 2 aliphatic rings. The summed E-state index contributed by atoms with van der Waals surface area (Å²) < 4.78 is 5.54. The molecule has 0 aliphatic carbocycles. The van der Waals surface area contributed by atoms with Crippen molar-refractivity contribution in [1.82, 2.24) is 4.90 Å². The van der Waals surface area contributed by atoms with Gasteiger partial charge in [-0.3, -0.25) is 0 Å². The lowest BCUT2D eigenvalue weighted by Gasteiger charge is -2.35. The van der Waals surface area contributed by atoms with Gasteiger partial charge in [-0.1, -0.05) is 36.0 Å². The van der Waals surface area contributed by atoms with Crippen molar-refractivity contribution in [3.8, 4) is 0 Å². The van der Waals surface area contributed by atoms with Gasteiger partial charge in [-0.05, 0) is 57.0 Å². The van der Waals surface area contributed by atoms with E-state index in [1.54, 1.807) is 6.92 Å². The first kappa shape index (κ1) is 18.8. The smallest absolute Gasteiger partial charge is 0.152 e. The molecule has 0 bridgehead atoms. The van der Waals surface area contributed by atoms with Crippen LogP contribution in [0, 0.1) is 0 Å². The molecule has 0 spiro atoms. The van der Waals surface area contributed by atoms with E-state index in [1.807, 2.05) is 11.8 Å². The second-order valence-corrected chi connectivity index (χ2v) is 8.40. The average molecular weight is 385 g/mol. The lowest BCUT2D eigenvalue weighted by atomic mass is 10.1. The lowest BCUT2D eigenvalue weighted by molar-refractivity contribution is -0.136. The Balaban J connectivity index is 1.35. The van der Waals surface area contributed by atoms with Crippen molar-refractivity contribution < 1.29 is 9.84 Å². The highest BCUT2D eigenvalue weighted by molar-refractivity contribution is 7.99. The first-order valence-corrected chi connectivity index (χ1v) is 10.7. The summed E-state index contributed by atoms with van der Waals surface area (Å²) in [6.45, 7) is 5.94. The molecular weight excluding hydrogens is 356 g/mol. The van der Waals surface area contributed by atoms with E-state index in [1.165, 1.54) is 21.2 Å². The first-order valence-electron chi connectivity index (χ1n) is 9.90. The Bertz CT molecular complexity index is 714. The summed E-state index contributed by atoms with van der Waals surface area (Å²) in [7, 11) is 0. The fourth-order valence-corrected chi connectivity index (χ4v) is 5.12. The van der Waals surface area contributed by atoms with E-state index in [2.05, 4.69) is 58.3 Å². The number of aliphatic hydroxyl groups excluding tert-OH is 1. The summed E-state index contributed by atoms with van der Waals surface area (Å²) >= 11 is 1.87. The largest absolute Gasteiger partial charge is 0.368 e. The van der Waals surface area contributed by atoms with Crippen molar-refractivity contribution in [3.05, 3.63) is 48.5 Å². The van der Waals surface area contributed by atoms with Crippen LogP contribution >= 0.6 is 11.8 Å². The number of likely N-dealkylation sites (tertiary alicyclic amines) is 1. The van der Waals surface area contributed by atoms with Crippen LogP contribution in [0.1, 0.15) is 26.2 Å². The van der Waals surface area contributed by atoms with Crippen LogP contribution in [0.5, 0.6) is 0 Å². The Labute approximate surface area is 166 Å². The maximum Gasteiger partial charge on any atom is 0.152 e. The van der Waals surface area contributed by atoms with Gasteiger partial charge in [-0.15, -0.1) is 0 Å². The highest BCUT2D eigenvalue weighted by atomic mass is 32.2. The van der Waals surface area contributed by atoms with Crippen LogP contribution in [0.4, 0.5) is 11.4 Å². The number of piperidine rings is 1. The zero-order valence-corrected chi connectivity index (χ0v) is 16.7. The monoisotopic (exact) mass is 384 g/mol. The Morgan fingerprint density at radius 3 is 2.19 bits per heavy atom. The number of benzene rings is 2. The fourth-order valence-electron chi connectivity index (χ4n) is 4.02. The molecule has 2 aromatic carbocycles. The quantitative estimate of drug-likeness (QED) is 0.742. The molecule has 0 radical (unpaired) electrons. The molecule has 1 unspecified atom stereocenters. The number of anilines is 2. The molecule has 2 heterocycles. The van der Waals surface area contributed by atoms with Gasteiger partial charge in [-0.2, -0.15) is 0 Å². The molecule has 0 amide bonds. The van der Waals surface area contributed by atoms with E-state index < -0.39 is 6.29 Å². The molecule has 0 aromatic heterocycles. The third-order valence-corrected chi connectivity index (χ3v) is 6.44. The second kappa shape index (κ2) is 8.65. The predicted molar refractivity (Wildman–Crippen MR) is 111 cm³/mol. The Kier molecular flexibility index (Phi) is 6.03. The number of aliphatic hydroxyl groups is 1. The van der Waals surface area contributed by atoms with Gasteiger partial charge in [0.05, 0.1) is 17.5 Å². The average Bonchev–Trinajstić information content (AvgIpc) is 2.68. The summed E-state index contributed by atoms with van der Waals surface area (Å²) in [4.78, 5) is 7.68. The van der Waals surface area contributed by atoms with Crippen molar-refractivity contribution in [2.24, 2.45) is 0 Å². The van der Waals surface area contributed by atoms with E-state index in [-0.39, 0.29) is 6.10 Å². The van der Waals surface area contributed by atoms with Crippen molar-refractivity contribution in [1.29, 1.82) is 0 Å². The number of rotatable bonds is 6. The zero-order valence-electron chi connectivity index (χ0n) is 15.9. The molecule has 144 valence electrons. The van der Waals surface area contributed by atoms with E-state index in [0.29, 0.717) is 0 Å². The summed E-state index contributed by atoms with van der Waals surface area (Å²) in [5, 5.41) is 9.37. The van der Waals surface area contributed by atoms with E-state index in [4.69, 9.17) is 4.74 Å². The minimum atomic E-state index is -0.654. The maximum absolute atomic E-state index is 9.37. The zero-order chi connectivity index (χ0) is 18.6. The van der Waals surface area contributed by atoms with Crippen molar-refractivity contribution >= 4 is 23.1 Å². The normalized spacial score (nSPS) is 18.8. The number of ether oxygens (including phenoxy) is 1. The molecule has 4 nitrogen and oxygen atoms in total. The standard InChI is InChI=1S/C22H28N2O2S/c1-17(25)26-18-11-15-23(16-12-18)13-6-14-24-19-7-2-4-9-21(19)27-22-10-5-3-8-20(22)24/h2-5,7-10,17-18,25H,6,11-16H2,1H3. The lowest BCUT2D eigenvalue weighted by Crippen LogP contribution is -2.39. The fraction of sp³-hybridized carbons (Fsp3) is 0.455. The first-order chi connectivity index (χ1) is 13.2. The molecule has 1 fully saturated rings. The number of hydrogen-bond donors (Lipinski definition) is 1. The topological polar surface area (TPSA) is 35.9 Å². The second-order valence-electron chi connectivity index (χ2n) is 7.32. The highest BCUT2D eigenvalue weighted by Crippen LogP contribution is 2.47. The van der Waals surface area contributed by atoms with Crippen LogP contribution in [0.25, 0.3) is 0 Å². The summed E-state index contributed by atoms with van der Waals surface area (Å²) in [6.07, 6.45) is 2.71. The number of fused-ring (bicyclic) bond motifs is 2. The van der Waals surface area contributed by atoms with Crippen LogP contribution in [0.15, 0.2) is 58.3 Å². The molecule has 2 aliphatic heterocycles. The van der Waals surface area contributed by atoms with Crippen molar-refractivity contribution in [2.75, 3.05) is 31.1 Å². The van der Waals surface area contributed by atoms with Gasteiger partial charge < -0.3 is 19.6 Å². The van der Waals surface area contributed by atoms with Crippen LogP contribution in [-0.4, -0.2) is 48.6 Å². The van der Waals surface area contributed by atoms with Crippen molar-refractivity contribution in [3.63, 3.8) is 0 Å². The van der Waals surface area contributed by atoms with Gasteiger partial charge in [0, 0.05) is 29.4 Å². The molecule has 0 saturated carbocycles. The summed E-state index contributed by atoms with van der Waals surface area (Å²) in [5.41, 5.74) is 2.65. The molecular formula is C22H28N2O2S. The van der Waals surface area contributed by atoms with E-state index in [0.717, 1.165) is 45.4 Å². The SMILES string of the molecule is CC(O)OC1CCN(CCCN2c3ccccc3Sc3ccccc32)CC1.